The maximum absolute atomic E-state index is 14.6. The predicted molar refractivity (Wildman–Crippen MR) is 157 cm³/mol. The number of hydrogen-bond acceptors (Lipinski definition) is 6. The Balaban J connectivity index is 1.49. The number of ketones is 1. The van der Waals surface area contributed by atoms with Crippen LogP contribution in [0.25, 0.3) is 0 Å². The van der Waals surface area contributed by atoms with E-state index in [-0.39, 0.29) is 45.7 Å². The molecule has 7 heteroatoms. The number of aliphatic carboxylic acids is 1. The number of carboxylic acid groups (broad SMARTS) is 1. The van der Waals surface area contributed by atoms with E-state index in [1.54, 1.807) is 19.9 Å². The van der Waals surface area contributed by atoms with Crippen LogP contribution in [-0.2, 0) is 23.9 Å². The summed E-state index contributed by atoms with van der Waals surface area (Å²) in [6, 6.07) is 0. The van der Waals surface area contributed by atoms with Crippen LogP contribution in [0.3, 0.4) is 0 Å². The fourth-order valence-corrected chi connectivity index (χ4v) is 11.6. The third kappa shape index (κ3) is 3.33. The molecule has 0 radical (unpaired) electrons. The van der Waals surface area contributed by atoms with Gasteiger partial charge in [0.05, 0.1) is 6.61 Å². The molecule has 0 amide bonds. The summed E-state index contributed by atoms with van der Waals surface area (Å²) in [7, 11) is 0. The van der Waals surface area contributed by atoms with Gasteiger partial charge in [-0.3, -0.25) is 9.59 Å². The minimum atomic E-state index is -1.28. The summed E-state index contributed by atoms with van der Waals surface area (Å²) in [5, 5.41) is 22.4. The number of carbonyl (C=O) groups is 3. The van der Waals surface area contributed by atoms with Crippen molar-refractivity contribution in [2.24, 2.45) is 56.7 Å². The number of carbonyl (C=O) groups excluding carboxylic acids is 2. The largest absolute Gasteiger partial charge is 0.481 e. The van der Waals surface area contributed by atoms with Crippen LogP contribution in [0.15, 0.2) is 23.3 Å². The minimum Gasteiger partial charge on any atom is -0.481 e. The van der Waals surface area contributed by atoms with E-state index < -0.39 is 40.6 Å². The molecule has 11 atom stereocenters. The molecule has 2 aliphatic heterocycles. The lowest BCUT2D eigenvalue weighted by Gasteiger charge is -2.74. The zero-order chi connectivity index (χ0) is 30.8. The van der Waals surface area contributed by atoms with Gasteiger partial charge in [-0.15, -0.1) is 0 Å². The van der Waals surface area contributed by atoms with Crippen molar-refractivity contribution >= 4 is 17.7 Å². The molecule has 7 aliphatic rings. The molecule has 0 aromatic rings. The summed E-state index contributed by atoms with van der Waals surface area (Å²) in [4.78, 5) is 41.1. The Labute approximate surface area is 250 Å². The van der Waals surface area contributed by atoms with Crippen LogP contribution in [0.5, 0.6) is 0 Å². The maximum atomic E-state index is 14.6. The van der Waals surface area contributed by atoms with Crippen LogP contribution in [-0.4, -0.2) is 46.4 Å². The molecule has 2 bridgehead atoms. The van der Waals surface area contributed by atoms with Crippen molar-refractivity contribution in [1.82, 2.24) is 0 Å². The summed E-state index contributed by atoms with van der Waals surface area (Å²) in [5.74, 6) is -2.82. The van der Waals surface area contributed by atoms with E-state index in [0.29, 0.717) is 37.9 Å². The fourth-order valence-electron chi connectivity index (χ4n) is 11.6. The lowest BCUT2D eigenvalue weighted by atomic mass is 9.32. The second-order valence-electron chi connectivity index (χ2n) is 16.1. The SMILES string of the molecule is C/C=C(/C)C(=O)O[C@H]1C[C@H](C)[C@H](C)[C@@H]2C3=CC(=O)[C@@H]4[C@]56CCC(O)(OC5)C(C)(C)[C@@H]6CC[C@@]4(C)[C@@]3(C)CC[C@]12C(=O)O. The zero-order valence-corrected chi connectivity index (χ0v) is 26.7. The maximum Gasteiger partial charge on any atom is 0.333 e. The van der Waals surface area contributed by atoms with Gasteiger partial charge in [-0.1, -0.05) is 53.2 Å². The average Bonchev–Trinajstić information content (AvgIpc) is 2.92. The quantitative estimate of drug-likeness (QED) is 0.306. The van der Waals surface area contributed by atoms with Crippen molar-refractivity contribution in [3.63, 3.8) is 0 Å². The highest BCUT2D eigenvalue weighted by atomic mass is 16.6. The van der Waals surface area contributed by atoms with Crippen LogP contribution < -0.4 is 0 Å². The number of ether oxygens (including phenoxy) is 2. The van der Waals surface area contributed by atoms with Crippen LogP contribution in [0.2, 0.25) is 0 Å². The molecule has 2 saturated heterocycles. The van der Waals surface area contributed by atoms with E-state index in [0.717, 1.165) is 24.8 Å². The monoisotopic (exact) mass is 582 g/mol. The van der Waals surface area contributed by atoms with E-state index in [1.807, 2.05) is 6.08 Å². The molecule has 0 aromatic carbocycles. The van der Waals surface area contributed by atoms with E-state index >= 15 is 0 Å². The normalized spacial score (nSPS) is 50.9. The van der Waals surface area contributed by atoms with Gasteiger partial charge >= 0.3 is 11.9 Å². The molecule has 2 heterocycles. The Bertz CT molecular complexity index is 1280. The second kappa shape index (κ2) is 9.03. The Morgan fingerprint density at radius 3 is 2.36 bits per heavy atom. The predicted octanol–water partition coefficient (Wildman–Crippen LogP) is 6.09. The number of hydrogen-bond donors (Lipinski definition) is 2. The van der Waals surface area contributed by atoms with E-state index in [2.05, 4.69) is 41.5 Å². The lowest BCUT2D eigenvalue weighted by molar-refractivity contribution is -0.391. The van der Waals surface area contributed by atoms with E-state index in [9.17, 15) is 24.6 Å². The molecule has 1 spiro atoms. The summed E-state index contributed by atoms with van der Waals surface area (Å²) >= 11 is 0. The van der Waals surface area contributed by atoms with Gasteiger partial charge in [0.1, 0.15) is 11.5 Å². The molecule has 6 fully saturated rings. The molecular weight excluding hydrogens is 532 g/mol. The van der Waals surface area contributed by atoms with Crippen molar-refractivity contribution in [3.05, 3.63) is 23.3 Å². The number of carboxylic acids is 1. The van der Waals surface area contributed by atoms with Gasteiger partial charge in [-0.25, -0.2) is 4.79 Å². The van der Waals surface area contributed by atoms with E-state index in [1.165, 1.54) is 0 Å². The molecular formula is C35H50O7. The van der Waals surface area contributed by atoms with Crippen LogP contribution >= 0.6 is 0 Å². The van der Waals surface area contributed by atoms with Crippen LogP contribution in [0.4, 0.5) is 0 Å². The average molecular weight is 583 g/mol. The van der Waals surface area contributed by atoms with Crippen LogP contribution in [0.1, 0.15) is 100 Å². The summed E-state index contributed by atoms with van der Waals surface area (Å²) in [5.41, 5.74) is -1.43. The number of rotatable bonds is 3. The third-order valence-electron chi connectivity index (χ3n) is 14.6. The molecule has 232 valence electrons. The molecule has 1 unspecified atom stereocenters. The number of allylic oxidation sites excluding steroid dienone is 3. The van der Waals surface area contributed by atoms with Crippen LogP contribution in [0, 0.1) is 56.7 Å². The zero-order valence-electron chi connectivity index (χ0n) is 26.7. The first kappa shape index (κ1) is 30.1. The molecule has 2 N–H and O–H groups in total. The summed E-state index contributed by atoms with van der Waals surface area (Å²) in [6.45, 7) is 16.9. The molecule has 7 rings (SSSR count). The van der Waals surface area contributed by atoms with Crippen molar-refractivity contribution in [1.29, 1.82) is 0 Å². The van der Waals surface area contributed by atoms with Crippen molar-refractivity contribution in [3.8, 4) is 0 Å². The first-order valence-corrected chi connectivity index (χ1v) is 16.2. The van der Waals surface area contributed by atoms with Gasteiger partial charge in [0, 0.05) is 34.7 Å². The van der Waals surface area contributed by atoms with Crippen molar-refractivity contribution in [2.45, 2.75) is 112 Å². The van der Waals surface area contributed by atoms with Gasteiger partial charge < -0.3 is 19.7 Å². The lowest BCUT2D eigenvalue weighted by Crippen LogP contribution is -2.74. The Morgan fingerprint density at radius 2 is 1.76 bits per heavy atom. The number of fused-ring (bicyclic) bond motifs is 7. The van der Waals surface area contributed by atoms with E-state index in [4.69, 9.17) is 9.47 Å². The minimum absolute atomic E-state index is 0.00817. The highest BCUT2D eigenvalue weighted by molar-refractivity contribution is 5.96. The number of aliphatic hydroxyl groups is 1. The van der Waals surface area contributed by atoms with Gasteiger partial charge in [0.15, 0.2) is 11.6 Å². The van der Waals surface area contributed by atoms with Gasteiger partial charge in [0.2, 0.25) is 0 Å². The summed E-state index contributed by atoms with van der Waals surface area (Å²) in [6.07, 6.45) is 7.34. The van der Waals surface area contributed by atoms with Crippen molar-refractivity contribution < 1.29 is 34.1 Å². The molecule has 7 nitrogen and oxygen atoms in total. The highest BCUT2D eigenvalue weighted by Crippen LogP contribution is 2.77. The molecule has 0 aromatic heterocycles. The second-order valence-corrected chi connectivity index (χ2v) is 16.1. The molecule has 4 saturated carbocycles. The first-order valence-electron chi connectivity index (χ1n) is 16.2. The Morgan fingerprint density at radius 1 is 1.07 bits per heavy atom. The topological polar surface area (TPSA) is 110 Å². The Hall–Kier alpha value is -1.99. The summed E-state index contributed by atoms with van der Waals surface area (Å²) < 4.78 is 12.3. The third-order valence-corrected chi connectivity index (χ3v) is 14.6. The molecule has 5 aliphatic carbocycles. The van der Waals surface area contributed by atoms with Gasteiger partial charge in [-0.2, -0.15) is 0 Å². The number of esters is 1. The first-order chi connectivity index (χ1) is 19.5. The highest BCUT2D eigenvalue weighted by Gasteiger charge is 2.76. The van der Waals surface area contributed by atoms with Gasteiger partial charge in [-0.05, 0) is 87.0 Å². The van der Waals surface area contributed by atoms with Gasteiger partial charge in [0.25, 0.3) is 0 Å². The fraction of sp³-hybridized carbons (Fsp3) is 0.800. The standard InChI is InChI=1S/C35H50O7/c1-9-19(2)28(37)42-25-16-20(3)21(4)26-22-17-23(36)27-32(8,31(22,7)12-14-34(25,26)29(38)39)11-10-24-30(5,6)35(40)15-13-33(24,27)18-41-35/h9,17,20-21,24-27,40H,10-16,18H2,1-8H3,(H,38,39)/b19-9-/t20-,21-,24-,25-,26+,27-,31-,32+,33+,34-,35?/m0/s1. The Kier molecular flexibility index (Phi) is 6.46. The molecule has 42 heavy (non-hydrogen) atoms. The smallest absolute Gasteiger partial charge is 0.333 e. The van der Waals surface area contributed by atoms with Crippen molar-refractivity contribution in [2.75, 3.05) is 6.61 Å².